The van der Waals surface area contributed by atoms with Crippen LogP contribution in [0.4, 0.5) is 23.4 Å². The average Bonchev–Trinajstić information content (AvgIpc) is 3.00. The van der Waals surface area contributed by atoms with Gasteiger partial charge >= 0.3 is 0 Å². The summed E-state index contributed by atoms with van der Waals surface area (Å²) in [7, 11) is 3.53. The van der Waals surface area contributed by atoms with Gasteiger partial charge in [0.2, 0.25) is 11.9 Å². The normalized spacial score (nSPS) is 10.5. The number of benzene rings is 1. The average molecular weight is 352 g/mol. The molecule has 134 valence electrons. The van der Waals surface area contributed by atoms with Crippen LogP contribution in [0.1, 0.15) is 21.6 Å². The Morgan fingerprint density at radius 1 is 1.12 bits per heavy atom. The lowest BCUT2D eigenvalue weighted by atomic mass is 10.1. The third-order valence-electron chi connectivity index (χ3n) is 3.67. The molecule has 0 fully saturated rings. The zero-order valence-corrected chi connectivity index (χ0v) is 15.0. The predicted molar refractivity (Wildman–Crippen MR) is 99.7 cm³/mol. The second-order valence-corrected chi connectivity index (χ2v) is 5.82. The van der Waals surface area contributed by atoms with Gasteiger partial charge in [0.25, 0.3) is 5.91 Å². The third-order valence-corrected chi connectivity index (χ3v) is 3.67. The molecule has 0 unspecified atom stereocenters. The fraction of sp³-hybridized carbons (Fsp3) is 0.235. The van der Waals surface area contributed by atoms with Gasteiger partial charge in [0.1, 0.15) is 12.1 Å². The van der Waals surface area contributed by atoms with Crippen LogP contribution < -0.4 is 16.0 Å². The summed E-state index contributed by atoms with van der Waals surface area (Å²) in [6.07, 6.45) is 1.52. The molecule has 0 saturated heterocycles. The van der Waals surface area contributed by atoms with E-state index in [1.54, 1.807) is 20.2 Å². The molecule has 2 aromatic heterocycles. The Hall–Kier alpha value is -3.49. The second kappa shape index (κ2) is 7.18. The van der Waals surface area contributed by atoms with Crippen LogP contribution in [0.25, 0.3) is 0 Å². The first kappa shape index (κ1) is 17.3. The van der Waals surface area contributed by atoms with Crippen molar-refractivity contribution in [3.05, 3.63) is 47.4 Å². The van der Waals surface area contributed by atoms with Crippen molar-refractivity contribution in [1.82, 2.24) is 24.7 Å². The molecule has 0 spiro atoms. The highest BCUT2D eigenvalue weighted by Crippen LogP contribution is 2.20. The number of hydrogen-bond acceptors (Lipinski definition) is 7. The molecule has 0 aliphatic rings. The highest BCUT2D eigenvalue weighted by atomic mass is 16.1. The van der Waals surface area contributed by atoms with Crippen molar-refractivity contribution >= 4 is 29.3 Å². The Balaban J connectivity index is 1.83. The Kier molecular flexibility index (Phi) is 4.78. The maximum atomic E-state index is 12.5. The molecule has 0 aliphatic heterocycles. The summed E-state index contributed by atoms with van der Waals surface area (Å²) in [5.74, 6) is 1.15. The summed E-state index contributed by atoms with van der Waals surface area (Å²) >= 11 is 0. The molecule has 0 saturated carbocycles. The summed E-state index contributed by atoms with van der Waals surface area (Å²) in [5, 5.41) is 12.9. The van der Waals surface area contributed by atoms with Crippen LogP contribution in [0, 0.1) is 13.8 Å². The molecule has 0 radical (unpaired) electrons. The highest BCUT2D eigenvalue weighted by Gasteiger charge is 2.13. The van der Waals surface area contributed by atoms with Crippen LogP contribution in [-0.4, -0.2) is 37.7 Å². The smallest absolute Gasteiger partial charge is 0.258 e. The number of carbonyl (C=O) groups is 1. The first-order valence-corrected chi connectivity index (χ1v) is 8.02. The molecule has 9 nitrogen and oxygen atoms in total. The summed E-state index contributed by atoms with van der Waals surface area (Å²) in [6, 6.07) is 7.32. The molecular formula is C17H20N8O. The van der Waals surface area contributed by atoms with E-state index in [1.165, 1.54) is 11.0 Å². The van der Waals surface area contributed by atoms with Crippen LogP contribution in [0.2, 0.25) is 0 Å². The van der Waals surface area contributed by atoms with E-state index in [0.717, 1.165) is 11.3 Å². The van der Waals surface area contributed by atoms with Crippen molar-refractivity contribution in [2.75, 3.05) is 23.0 Å². The minimum atomic E-state index is -0.279. The van der Waals surface area contributed by atoms with E-state index in [9.17, 15) is 4.79 Å². The monoisotopic (exact) mass is 352 g/mol. The summed E-state index contributed by atoms with van der Waals surface area (Å²) in [6.45, 7) is 3.76. The van der Waals surface area contributed by atoms with E-state index in [2.05, 4.69) is 36.0 Å². The van der Waals surface area contributed by atoms with Crippen LogP contribution >= 0.6 is 0 Å². The van der Waals surface area contributed by atoms with Crippen molar-refractivity contribution in [2.24, 2.45) is 7.05 Å². The Labute approximate surface area is 150 Å². The van der Waals surface area contributed by atoms with Gasteiger partial charge in [-0.05, 0) is 31.5 Å². The van der Waals surface area contributed by atoms with E-state index < -0.39 is 0 Å². The molecular weight excluding hydrogens is 332 g/mol. The summed E-state index contributed by atoms with van der Waals surface area (Å²) in [4.78, 5) is 25.3. The molecule has 26 heavy (non-hydrogen) atoms. The van der Waals surface area contributed by atoms with Crippen molar-refractivity contribution in [1.29, 1.82) is 0 Å². The standard InChI is InChI=1S/C17H20N8O/c1-10-5-6-12(21-17-20-11(2)7-14(18-3)22-17)8-13(10)15(26)23-16-19-9-25(4)24-16/h5-9H,1-4H3,(H,23,24,26)(H2,18,20,21,22). The maximum absolute atomic E-state index is 12.5. The van der Waals surface area contributed by atoms with Crippen molar-refractivity contribution in [2.45, 2.75) is 13.8 Å². The highest BCUT2D eigenvalue weighted by molar-refractivity contribution is 6.05. The number of aryl methyl sites for hydroxylation is 3. The van der Waals surface area contributed by atoms with Crippen LogP contribution in [-0.2, 0) is 7.05 Å². The van der Waals surface area contributed by atoms with Gasteiger partial charge in [-0.1, -0.05) is 6.07 Å². The van der Waals surface area contributed by atoms with E-state index in [0.29, 0.717) is 23.0 Å². The first-order valence-electron chi connectivity index (χ1n) is 8.02. The maximum Gasteiger partial charge on any atom is 0.258 e. The molecule has 3 aromatic rings. The van der Waals surface area contributed by atoms with E-state index in [-0.39, 0.29) is 11.9 Å². The lowest BCUT2D eigenvalue weighted by Gasteiger charge is -2.11. The zero-order chi connectivity index (χ0) is 18.7. The summed E-state index contributed by atoms with van der Waals surface area (Å²) < 4.78 is 1.52. The van der Waals surface area contributed by atoms with Gasteiger partial charge in [0.15, 0.2) is 0 Å². The van der Waals surface area contributed by atoms with Gasteiger partial charge in [-0.3, -0.25) is 14.8 Å². The minimum absolute atomic E-state index is 0.260. The number of carbonyl (C=O) groups excluding carboxylic acids is 1. The third kappa shape index (κ3) is 3.94. The van der Waals surface area contributed by atoms with Crippen LogP contribution in [0.15, 0.2) is 30.6 Å². The summed E-state index contributed by atoms with van der Waals surface area (Å²) in [5.41, 5.74) is 2.90. The lowest BCUT2D eigenvalue weighted by molar-refractivity contribution is 0.102. The number of hydrogen-bond donors (Lipinski definition) is 3. The number of anilines is 4. The Morgan fingerprint density at radius 2 is 1.92 bits per heavy atom. The van der Waals surface area contributed by atoms with Crippen molar-refractivity contribution in [3.8, 4) is 0 Å². The van der Waals surface area contributed by atoms with Gasteiger partial charge < -0.3 is 10.6 Å². The molecule has 0 atom stereocenters. The molecule has 0 bridgehead atoms. The fourth-order valence-corrected chi connectivity index (χ4v) is 2.39. The van der Waals surface area contributed by atoms with E-state index in [1.807, 2.05) is 32.0 Å². The van der Waals surface area contributed by atoms with Gasteiger partial charge in [0.05, 0.1) is 0 Å². The predicted octanol–water partition coefficient (Wildman–Crippen LogP) is 2.26. The van der Waals surface area contributed by atoms with Gasteiger partial charge in [0, 0.05) is 37.1 Å². The SMILES string of the molecule is CNc1cc(C)nc(Nc2ccc(C)c(C(=O)Nc3ncn(C)n3)c2)n1. The van der Waals surface area contributed by atoms with E-state index in [4.69, 9.17) is 0 Å². The lowest BCUT2D eigenvalue weighted by Crippen LogP contribution is -2.15. The second-order valence-electron chi connectivity index (χ2n) is 5.82. The number of nitrogens with zero attached hydrogens (tertiary/aromatic N) is 5. The topological polar surface area (TPSA) is 110 Å². The Morgan fingerprint density at radius 3 is 2.62 bits per heavy atom. The first-order chi connectivity index (χ1) is 12.4. The fourth-order valence-electron chi connectivity index (χ4n) is 2.39. The molecule has 3 N–H and O–H groups in total. The Bertz CT molecular complexity index is 950. The number of aromatic nitrogens is 5. The van der Waals surface area contributed by atoms with Crippen LogP contribution in [0.5, 0.6) is 0 Å². The molecule has 3 rings (SSSR count). The molecule has 1 amide bonds. The minimum Gasteiger partial charge on any atom is -0.373 e. The molecule has 9 heteroatoms. The number of nitrogens with one attached hydrogen (secondary N) is 3. The van der Waals surface area contributed by atoms with Crippen LogP contribution in [0.3, 0.4) is 0 Å². The van der Waals surface area contributed by atoms with Crippen molar-refractivity contribution in [3.63, 3.8) is 0 Å². The van der Waals surface area contributed by atoms with Gasteiger partial charge in [-0.15, -0.1) is 5.10 Å². The molecule has 2 heterocycles. The molecule has 1 aromatic carbocycles. The largest absolute Gasteiger partial charge is 0.373 e. The zero-order valence-electron chi connectivity index (χ0n) is 15.0. The van der Waals surface area contributed by atoms with Crippen molar-refractivity contribution < 1.29 is 4.79 Å². The van der Waals surface area contributed by atoms with Gasteiger partial charge in [-0.25, -0.2) is 9.97 Å². The number of amides is 1. The number of rotatable bonds is 5. The van der Waals surface area contributed by atoms with E-state index >= 15 is 0 Å². The van der Waals surface area contributed by atoms with Gasteiger partial charge in [-0.2, -0.15) is 4.98 Å². The molecule has 0 aliphatic carbocycles. The quantitative estimate of drug-likeness (QED) is 0.646.